The van der Waals surface area contributed by atoms with Crippen LogP contribution in [0.4, 0.5) is 5.69 Å². The number of likely N-dealkylation sites (tertiary alicyclic amines) is 1. The predicted octanol–water partition coefficient (Wildman–Crippen LogP) is 4.90. The molecule has 6 nitrogen and oxygen atoms in total. The fourth-order valence-electron chi connectivity index (χ4n) is 5.72. The first-order valence-electron chi connectivity index (χ1n) is 12.4. The van der Waals surface area contributed by atoms with Crippen molar-refractivity contribution in [2.75, 3.05) is 31.1 Å². The molecule has 1 N–H and O–H groups in total. The van der Waals surface area contributed by atoms with Gasteiger partial charge in [0, 0.05) is 30.1 Å². The Morgan fingerprint density at radius 1 is 0.939 bits per heavy atom. The molecule has 0 bridgehead atoms. The lowest BCUT2D eigenvalue weighted by atomic mass is 9.89. The van der Waals surface area contributed by atoms with Gasteiger partial charge in [-0.25, -0.2) is 0 Å². The lowest BCUT2D eigenvalue weighted by molar-refractivity contribution is 0.211. The summed E-state index contributed by atoms with van der Waals surface area (Å²) in [5.74, 6) is 2.78. The fraction of sp³-hybridized carbons (Fsp3) is 0.407. The molecule has 4 aromatic rings. The highest BCUT2D eigenvalue weighted by atomic mass is 15.3. The van der Waals surface area contributed by atoms with E-state index in [2.05, 4.69) is 91.2 Å². The minimum atomic E-state index is 0.672. The molecule has 0 aliphatic carbocycles. The molecule has 1 fully saturated rings. The summed E-state index contributed by atoms with van der Waals surface area (Å²) in [6.07, 6.45) is 6.80. The molecule has 1 saturated heterocycles. The second kappa shape index (κ2) is 8.67. The summed E-state index contributed by atoms with van der Waals surface area (Å²) in [7, 11) is 0. The molecule has 2 aromatic heterocycles. The van der Waals surface area contributed by atoms with Crippen molar-refractivity contribution < 1.29 is 0 Å². The maximum absolute atomic E-state index is 4.49. The van der Waals surface area contributed by atoms with Gasteiger partial charge in [0.2, 0.25) is 0 Å². The lowest BCUT2D eigenvalue weighted by Gasteiger charge is -2.34. The predicted molar refractivity (Wildman–Crippen MR) is 133 cm³/mol. The van der Waals surface area contributed by atoms with Gasteiger partial charge in [-0.05, 0) is 68.6 Å². The summed E-state index contributed by atoms with van der Waals surface area (Å²) in [4.78, 5) is 8.59. The number of fused-ring (bicyclic) bond motifs is 4. The zero-order valence-electron chi connectivity index (χ0n) is 19.4. The Hall–Kier alpha value is -3.12. The number of para-hydroxylation sites is 3. The van der Waals surface area contributed by atoms with Crippen LogP contribution >= 0.6 is 0 Å². The molecular weight excluding hydrogens is 408 g/mol. The van der Waals surface area contributed by atoms with E-state index in [1.165, 1.54) is 60.2 Å². The van der Waals surface area contributed by atoms with Crippen LogP contribution < -0.4 is 4.90 Å². The highest BCUT2D eigenvalue weighted by Gasteiger charge is 2.26. The molecule has 170 valence electrons. The number of anilines is 1. The number of hydrogen-bond acceptors (Lipinski definition) is 4. The molecule has 0 unspecified atom stereocenters. The minimum absolute atomic E-state index is 0.672. The highest BCUT2D eigenvalue weighted by Crippen LogP contribution is 2.34. The molecule has 2 aromatic carbocycles. The SMILES string of the molecule is CCc1nnc2n1-c1ccccc1N(CCCN1CCC(c3c[nH]c4ccccc34)CC1)C2. The molecular formula is C27H32N6. The van der Waals surface area contributed by atoms with Gasteiger partial charge >= 0.3 is 0 Å². The van der Waals surface area contributed by atoms with Crippen molar-refractivity contribution in [3.8, 4) is 5.69 Å². The number of H-pyrrole nitrogens is 1. The molecule has 0 saturated carbocycles. The minimum Gasteiger partial charge on any atom is -0.362 e. The summed E-state index contributed by atoms with van der Waals surface area (Å²) in [6, 6.07) is 17.4. The van der Waals surface area contributed by atoms with Gasteiger partial charge in [0.25, 0.3) is 0 Å². The van der Waals surface area contributed by atoms with E-state index in [-0.39, 0.29) is 0 Å². The summed E-state index contributed by atoms with van der Waals surface area (Å²) in [5, 5.41) is 10.3. The second-order valence-electron chi connectivity index (χ2n) is 9.39. The van der Waals surface area contributed by atoms with Crippen molar-refractivity contribution in [3.63, 3.8) is 0 Å². The molecule has 0 atom stereocenters. The number of piperidine rings is 1. The Balaban J connectivity index is 1.06. The third-order valence-corrected chi connectivity index (χ3v) is 7.46. The van der Waals surface area contributed by atoms with Crippen molar-refractivity contribution in [1.29, 1.82) is 0 Å². The van der Waals surface area contributed by atoms with Crippen LogP contribution in [0.1, 0.15) is 49.3 Å². The van der Waals surface area contributed by atoms with E-state index in [4.69, 9.17) is 0 Å². The van der Waals surface area contributed by atoms with Crippen LogP contribution in [0.2, 0.25) is 0 Å². The van der Waals surface area contributed by atoms with Crippen molar-refractivity contribution in [3.05, 3.63) is 71.9 Å². The number of nitrogens with zero attached hydrogens (tertiary/aromatic N) is 5. The van der Waals surface area contributed by atoms with Crippen molar-refractivity contribution in [1.82, 2.24) is 24.6 Å². The van der Waals surface area contributed by atoms with Crippen LogP contribution in [0.25, 0.3) is 16.6 Å². The monoisotopic (exact) mass is 440 g/mol. The Morgan fingerprint density at radius 2 is 1.73 bits per heavy atom. The van der Waals surface area contributed by atoms with Crippen LogP contribution in [0.5, 0.6) is 0 Å². The fourth-order valence-corrected chi connectivity index (χ4v) is 5.72. The Morgan fingerprint density at radius 3 is 2.58 bits per heavy atom. The van der Waals surface area contributed by atoms with Gasteiger partial charge in [-0.2, -0.15) is 0 Å². The number of hydrogen-bond donors (Lipinski definition) is 1. The van der Waals surface area contributed by atoms with Crippen molar-refractivity contribution >= 4 is 16.6 Å². The first-order valence-corrected chi connectivity index (χ1v) is 12.4. The molecule has 6 heteroatoms. The second-order valence-corrected chi connectivity index (χ2v) is 9.39. The van der Waals surface area contributed by atoms with E-state index >= 15 is 0 Å². The third kappa shape index (κ3) is 3.72. The van der Waals surface area contributed by atoms with E-state index in [1.54, 1.807) is 0 Å². The van der Waals surface area contributed by atoms with E-state index < -0.39 is 0 Å². The summed E-state index contributed by atoms with van der Waals surface area (Å²) >= 11 is 0. The zero-order valence-corrected chi connectivity index (χ0v) is 19.4. The summed E-state index contributed by atoms with van der Waals surface area (Å²) in [5.41, 5.74) is 5.29. The molecule has 6 rings (SSSR count). The summed E-state index contributed by atoms with van der Waals surface area (Å²) in [6.45, 7) is 7.57. The Labute approximate surface area is 195 Å². The van der Waals surface area contributed by atoms with E-state index in [0.717, 1.165) is 37.7 Å². The molecule has 2 aliphatic heterocycles. The highest BCUT2D eigenvalue weighted by molar-refractivity contribution is 5.83. The van der Waals surface area contributed by atoms with E-state index in [1.807, 2.05) is 0 Å². The molecule has 0 spiro atoms. The Kier molecular flexibility index (Phi) is 5.38. The zero-order chi connectivity index (χ0) is 22.2. The topological polar surface area (TPSA) is 53.0 Å². The number of nitrogens with one attached hydrogen (secondary N) is 1. The maximum atomic E-state index is 4.49. The molecule has 2 aliphatic rings. The van der Waals surface area contributed by atoms with E-state index in [9.17, 15) is 0 Å². The van der Waals surface area contributed by atoms with Crippen LogP contribution in [0, 0.1) is 0 Å². The van der Waals surface area contributed by atoms with Gasteiger partial charge in [-0.3, -0.25) is 4.57 Å². The van der Waals surface area contributed by atoms with Gasteiger partial charge in [-0.1, -0.05) is 37.3 Å². The van der Waals surface area contributed by atoms with Crippen LogP contribution in [-0.2, 0) is 13.0 Å². The molecule has 33 heavy (non-hydrogen) atoms. The van der Waals surface area contributed by atoms with Crippen molar-refractivity contribution in [2.45, 2.75) is 45.1 Å². The number of aryl methyl sites for hydroxylation is 1. The Bertz CT molecular complexity index is 1250. The van der Waals surface area contributed by atoms with Gasteiger partial charge in [0.15, 0.2) is 5.82 Å². The van der Waals surface area contributed by atoms with Crippen LogP contribution in [-0.4, -0.2) is 50.8 Å². The smallest absolute Gasteiger partial charge is 0.157 e. The largest absolute Gasteiger partial charge is 0.362 e. The molecule has 0 radical (unpaired) electrons. The average Bonchev–Trinajstić information content (AvgIpc) is 3.49. The third-order valence-electron chi connectivity index (χ3n) is 7.46. The van der Waals surface area contributed by atoms with Crippen LogP contribution in [0.15, 0.2) is 54.7 Å². The van der Waals surface area contributed by atoms with Gasteiger partial charge in [-0.15, -0.1) is 10.2 Å². The van der Waals surface area contributed by atoms with Gasteiger partial charge in [0.1, 0.15) is 5.82 Å². The normalized spacial score (nSPS) is 16.8. The van der Waals surface area contributed by atoms with Crippen molar-refractivity contribution in [2.24, 2.45) is 0 Å². The van der Waals surface area contributed by atoms with Gasteiger partial charge < -0.3 is 14.8 Å². The van der Waals surface area contributed by atoms with Crippen LogP contribution in [0.3, 0.4) is 0 Å². The van der Waals surface area contributed by atoms with E-state index in [0.29, 0.717) is 5.92 Å². The first-order chi connectivity index (χ1) is 16.3. The lowest BCUT2D eigenvalue weighted by Crippen LogP contribution is -2.36. The van der Waals surface area contributed by atoms with Gasteiger partial charge in [0.05, 0.1) is 17.9 Å². The average molecular weight is 441 g/mol. The number of benzene rings is 2. The molecule has 0 amide bonds. The number of rotatable bonds is 6. The summed E-state index contributed by atoms with van der Waals surface area (Å²) < 4.78 is 2.25. The quantitative estimate of drug-likeness (QED) is 0.463. The molecule has 4 heterocycles. The first kappa shape index (κ1) is 20.5. The number of aromatic nitrogens is 4. The standard InChI is InChI=1S/C27H32N6/c1-2-26-29-30-27-19-32(24-10-5-6-11-25(24)33(26)27)15-7-14-31-16-12-20(13-17-31)22-18-28-23-9-4-3-8-21(22)23/h3-6,8-11,18,20,28H,2,7,12-17,19H2,1H3. The number of aromatic amines is 1. The maximum Gasteiger partial charge on any atom is 0.157 e.